The maximum atomic E-state index is 5.05. The Kier molecular flexibility index (Phi) is 2.59. The van der Waals surface area contributed by atoms with E-state index in [-0.39, 0.29) is 0 Å². The first kappa shape index (κ1) is 5.45. The molecule has 0 saturated carbocycles. The Balaban J connectivity index is 2.04. The molecule has 0 unspecified atom stereocenters. The Morgan fingerprint density at radius 1 is 1.57 bits per heavy atom. The molecule has 0 aromatic heterocycles. The van der Waals surface area contributed by atoms with Crippen LogP contribution >= 0.6 is 11.8 Å². The first-order chi connectivity index (χ1) is 3.50. The largest absolute Gasteiger partial charge is 0.375 e. The SMILES string of the molecule is [CH]1CSCCCO1. The molecule has 0 aromatic rings. The molecule has 0 N–H and O–H groups in total. The van der Waals surface area contributed by atoms with Crippen LogP contribution < -0.4 is 0 Å². The van der Waals surface area contributed by atoms with Gasteiger partial charge in [0.1, 0.15) is 0 Å². The van der Waals surface area contributed by atoms with E-state index in [9.17, 15) is 0 Å². The van der Waals surface area contributed by atoms with E-state index in [1.165, 1.54) is 12.2 Å². The predicted octanol–water partition coefficient (Wildman–Crippen LogP) is 1.30. The van der Waals surface area contributed by atoms with Crippen molar-refractivity contribution in [1.29, 1.82) is 0 Å². The lowest BCUT2D eigenvalue weighted by Gasteiger charge is -1.89. The van der Waals surface area contributed by atoms with Crippen molar-refractivity contribution in [2.75, 3.05) is 18.1 Å². The summed E-state index contributed by atoms with van der Waals surface area (Å²) in [5.74, 6) is 2.33. The lowest BCUT2D eigenvalue weighted by Crippen LogP contribution is -1.86. The summed E-state index contributed by atoms with van der Waals surface area (Å²) >= 11 is 1.94. The van der Waals surface area contributed by atoms with Gasteiger partial charge in [-0.15, -0.1) is 0 Å². The summed E-state index contributed by atoms with van der Waals surface area (Å²) < 4.78 is 5.05. The second-order valence-electron chi connectivity index (χ2n) is 1.47. The van der Waals surface area contributed by atoms with Gasteiger partial charge in [0.2, 0.25) is 0 Å². The molecule has 1 fully saturated rings. The van der Waals surface area contributed by atoms with Crippen LogP contribution in [0.3, 0.4) is 0 Å². The molecule has 41 valence electrons. The summed E-state index contributed by atoms with van der Waals surface area (Å²) in [5, 5.41) is 0. The second-order valence-corrected chi connectivity index (χ2v) is 2.62. The van der Waals surface area contributed by atoms with Crippen LogP contribution in [0.4, 0.5) is 0 Å². The van der Waals surface area contributed by atoms with Gasteiger partial charge in [0.15, 0.2) is 0 Å². The zero-order valence-corrected chi connectivity index (χ0v) is 5.04. The number of rotatable bonds is 0. The van der Waals surface area contributed by atoms with E-state index in [1.54, 1.807) is 0 Å². The highest BCUT2D eigenvalue weighted by Gasteiger charge is 1.96. The molecule has 1 rings (SSSR count). The van der Waals surface area contributed by atoms with Gasteiger partial charge in [0.25, 0.3) is 0 Å². The summed E-state index contributed by atoms with van der Waals surface area (Å²) in [7, 11) is 0. The number of hydrogen-bond acceptors (Lipinski definition) is 2. The molecule has 0 aliphatic carbocycles. The lowest BCUT2D eigenvalue weighted by molar-refractivity contribution is 0.211. The van der Waals surface area contributed by atoms with E-state index in [0.717, 1.165) is 12.4 Å². The lowest BCUT2D eigenvalue weighted by atomic mass is 10.5. The molecule has 1 radical (unpaired) electrons. The summed E-state index contributed by atoms with van der Waals surface area (Å²) in [6.45, 7) is 2.81. The maximum Gasteiger partial charge on any atom is 0.0934 e. The average molecular weight is 117 g/mol. The minimum absolute atomic E-state index is 0.924. The first-order valence-corrected chi connectivity index (χ1v) is 3.66. The smallest absolute Gasteiger partial charge is 0.0934 e. The van der Waals surface area contributed by atoms with E-state index < -0.39 is 0 Å². The quantitative estimate of drug-likeness (QED) is 0.473. The molecule has 1 aliphatic rings. The normalized spacial score (nSPS) is 24.0. The third-order valence-corrected chi connectivity index (χ3v) is 1.80. The van der Waals surface area contributed by atoms with Crippen LogP contribution in [0.2, 0.25) is 0 Å². The molecule has 1 saturated heterocycles. The average Bonchev–Trinajstić information content (AvgIpc) is 1.90. The van der Waals surface area contributed by atoms with Gasteiger partial charge in [-0.3, -0.25) is 0 Å². The summed E-state index contributed by atoms with van der Waals surface area (Å²) in [6, 6.07) is 0. The number of hydrogen-bond donors (Lipinski definition) is 0. The Morgan fingerprint density at radius 3 is 3.57 bits per heavy atom. The van der Waals surface area contributed by atoms with Crippen LogP contribution in [0.5, 0.6) is 0 Å². The van der Waals surface area contributed by atoms with Crippen molar-refractivity contribution in [2.24, 2.45) is 0 Å². The van der Waals surface area contributed by atoms with Crippen molar-refractivity contribution in [1.82, 2.24) is 0 Å². The van der Waals surface area contributed by atoms with E-state index in [4.69, 9.17) is 4.74 Å². The minimum atomic E-state index is 0.924. The van der Waals surface area contributed by atoms with Crippen LogP contribution in [0.1, 0.15) is 6.42 Å². The van der Waals surface area contributed by atoms with E-state index in [2.05, 4.69) is 0 Å². The molecule has 7 heavy (non-hydrogen) atoms. The Morgan fingerprint density at radius 2 is 2.57 bits per heavy atom. The van der Waals surface area contributed by atoms with Crippen LogP contribution in [-0.4, -0.2) is 18.1 Å². The molecule has 1 aliphatic heterocycles. The van der Waals surface area contributed by atoms with Crippen molar-refractivity contribution >= 4 is 11.8 Å². The van der Waals surface area contributed by atoms with Crippen molar-refractivity contribution < 1.29 is 4.74 Å². The molecule has 2 heteroatoms. The van der Waals surface area contributed by atoms with E-state index in [0.29, 0.717) is 0 Å². The van der Waals surface area contributed by atoms with Gasteiger partial charge >= 0.3 is 0 Å². The second kappa shape index (κ2) is 3.33. The van der Waals surface area contributed by atoms with Gasteiger partial charge < -0.3 is 4.74 Å². The molecule has 0 aromatic carbocycles. The minimum Gasteiger partial charge on any atom is -0.375 e. The standard InChI is InChI=1S/C5H9OS/c1-2-6-3-5-7-4-1/h3H,1-2,4-5H2. The Bertz CT molecular complexity index is 27.7. The van der Waals surface area contributed by atoms with Crippen molar-refractivity contribution in [3.63, 3.8) is 0 Å². The van der Waals surface area contributed by atoms with Gasteiger partial charge in [-0.25, -0.2) is 0 Å². The third-order valence-electron chi connectivity index (χ3n) is 0.855. The first-order valence-electron chi connectivity index (χ1n) is 2.51. The monoisotopic (exact) mass is 117 g/mol. The van der Waals surface area contributed by atoms with Crippen LogP contribution in [-0.2, 0) is 4.74 Å². The van der Waals surface area contributed by atoms with Crippen molar-refractivity contribution in [3.8, 4) is 0 Å². The van der Waals surface area contributed by atoms with Crippen molar-refractivity contribution in [3.05, 3.63) is 6.61 Å². The molecular formula is C5H9OS. The third kappa shape index (κ3) is 2.19. The van der Waals surface area contributed by atoms with E-state index >= 15 is 0 Å². The molecule has 0 bridgehead atoms. The van der Waals surface area contributed by atoms with Gasteiger partial charge in [0.05, 0.1) is 6.61 Å². The summed E-state index contributed by atoms with van der Waals surface area (Å²) in [5.41, 5.74) is 0. The Hall–Kier alpha value is 0.310. The summed E-state index contributed by atoms with van der Waals surface area (Å²) in [4.78, 5) is 0. The molecule has 1 nitrogen and oxygen atoms in total. The fraction of sp³-hybridized carbons (Fsp3) is 0.800. The van der Waals surface area contributed by atoms with Crippen molar-refractivity contribution in [2.45, 2.75) is 6.42 Å². The number of ether oxygens (including phenoxy) is 1. The molecule has 1 heterocycles. The predicted molar refractivity (Wildman–Crippen MR) is 32.2 cm³/mol. The number of thioether (sulfide) groups is 1. The van der Waals surface area contributed by atoms with Gasteiger partial charge in [-0.1, -0.05) is 0 Å². The molecule has 0 spiro atoms. The fourth-order valence-corrected chi connectivity index (χ4v) is 1.19. The van der Waals surface area contributed by atoms with Gasteiger partial charge in [-0.2, -0.15) is 11.8 Å². The highest BCUT2D eigenvalue weighted by Crippen LogP contribution is 2.08. The molecular weight excluding hydrogens is 108 g/mol. The zero-order chi connectivity index (χ0) is 4.95. The Labute approximate surface area is 48.4 Å². The summed E-state index contributed by atoms with van der Waals surface area (Å²) in [6.07, 6.45) is 1.21. The highest BCUT2D eigenvalue weighted by atomic mass is 32.2. The van der Waals surface area contributed by atoms with E-state index in [1.807, 2.05) is 18.4 Å². The molecule has 0 atom stereocenters. The van der Waals surface area contributed by atoms with Gasteiger partial charge in [0, 0.05) is 12.4 Å². The molecule has 0 amide bonds. The highest BCUT2D eigenvalue weighted by molar-refractivity contribution is 7.99. The van der Waals surface area contributed by atoms with Crippen LogP contribution in [0, 0.1) is 6.61 Å². The van der Waals surface area contributed by atoms with Crippen LogP contribution in [0.15, 0.2) is 0 Å². The topological polar surface area (TPSA) is 9.23 Å². The zero-order valence-electron chi connectivity index (χ0n) is 4.22. The maximum absolute atomic E-state index is 5.05. The van der Waals surface area contributed by atoms with Crippen LogP contribution in [0.25, 0.3) is 0 Å². The van der Waals surface area contributed by atoms with Gasteiger partial charge in [-0.05, 0) is 12.2 Å². The fourth-order valence-electron chi connectivity index (χ4n) is 0.507.